The van der Waals surface area contributed by atoms with Crippen molar-refractivity contribution in [2.24, 2.45) is 0 Å². The van der Waals surface area contributed by atoms with Crippen LogP contribution in [0.5, 0.6) is 5.75 Å². The zero-order valence-electron chi connectivity index (χ0n) is 8.20. The summed E-state index contributed by atoms with van der Waals surface area (Å²) in [5.74, 6) is 0.573. The van der Waals surface area contributed by atoms with E-state index in [9.17, 15) is 3.02 Å². The van der Waals surface area contributed by atoms with E-state index < -0.39 is 22.0 Å². The molecule has 0 fully saturated rings. The van der Waals surface area contributed by atoms with Crippen molar-refractivity contribution < 1.29 is 6.03 Å². The van der Waals surface area contributed by atoms with Gasteiger partial charge in [-0.25, -0.2) is 0 Å². The van der Waals surface area contributed by atoms with Crippen molar-refractivity contribution in [3.8, 4) is 5.75 Å². The van der Waals surface area contributed by atoms with E-state index in [1.807, 2.05) is 19.1 Å². The SMILES string of the molecule is Cc1c(Br)c([O][Sb]=[O])c2ncccc2c1Br. The third-order valence-corrected chi connectivity index (χ3v) is 4.96. The van der Waals surface area contributed by atoms with Gasteiger partial charge in [0.25, 0.3) is 0 Å². The minimum absolute atomic E-state index is 0.573. The van der Waals surface area contributed by atoms with E-state index in [4.69, 9.17) is 3.02 Å². The number of nitrogens with zero attached hydrogens (tertiary/aromatic N) is 1. The van der Waals surface area contributed by atoms with E-state index in [1.165, 1.54) is 0 Å². The quantitative estimate of drug-likeness (QED) is 0.654. The van der Waals surface area contributed by atoms with Crippen LogP contribution in [-0.4, -0.2) is 27.0 Å². The average molecular weight is 454 g/mol. The molecule has 1 aromatic carbocycles. The number of hydrogen-bond donors (Lipinski definition) is 0. The zero-order chi connectivity index (χ0) is 11.7. The van der Waals surface area contributed by atoms with Gasteiger partial charge in [0.15, 0.2) is 0 Å². The second-order valence-corrected chi connectivity index (χ2v) is 5.68. The van der Waals surface area contributed by atoms with Gasteiger partial charge in [0.2, 0.25) is 0 Å². The van der Waals surface area contributed by atoms with Crippen LogP contribution in [0.1, 0.15) is 5.56 Å². The van der Waals surface area contributed by atoms with Crippen molar-refractivity contribution in [1.29, 1.82) is 0 Å². The van der Waals surface area contributed by atoms with Gasteiger partial charge < -0.3 is 0 Å². The van der Waals surface area contributed by atoms with E-state index in [2.05, 4.69) is 36.8 Å². The zero-order valence-corrected chi connectivity index (χ0v) is 13.9. The summed E-state index contributed by atoms with van der Waals surface area (Å²) in [4.78, 5) is 4.26. The number of fused-ring (bicyclic) bond motifs is 1. The average Bonchev–Trinajstić information content (AvgIpc) is 2.32. The number of aromatic nitrogens is 1. The van der Waals surface area contributed by atoms with Crippen LogP contribution >= 0.6 is 31.9 Å². The van der Waals surface area contributed by atoms with Crippen LogP contribution < -0.4 is 3.02 Å². The van der Waals surface area contributed by atoms with E-state index >= 15 is 0 Å². The van der Waals surface area contributed by atoms with Gasteiger partial charge in [0.1, 0.15) is 0 Å². The van der Waals surface area contributed by atoms with Crippen LogP contribution in [0.2, 0.25) is 0 Å². The summed E-state index contributed by atoms with van der Waals surface area (Å²) in [6, 6.07) is 3.81. The van der Waals surface area contributed by atoms with E-state index in [1.54, 1.807) is 6.20 Å². The predicted molar refractivity (Wildman–Crippen MR) is 68.9 cm³/mol. The second-order valence-electron chi connectivity index (χ2n) is 3.15. The number of pyridine rings is 1. The van der Waals surface area contributed by atoms with Crippen molar-refractivity contribution in [2.45, 2.75) is 6.92 Å². The Labute approximate surface area is 120 Å². The first-order chi connectivity index (χ1) is 7.66. The molecule has 0 aliphatic carbocycles. The summed E-state index contributed by atoms with van der Waals surface area (Å²) >= 11 is 5.12. The molecule has 0 aliphatic rings. The van der Waals surface area contributed by atoms with Crippen molar-refractivity contribution in [3.63, 3.8) is 0 Å². The molecule has 2 rings (SSSR count). The second kappa shape index (κ2) is 5.11. The van der Waals surface area contributed by atoms with Gasteiger partial charge >= 0.3 is 121 Å². The molecule has 0 N–H and O–H groups in total. The molecule has 1 aromatic heterocycles. The topological polar surface area (TPSA) is 39.2 Å². The van der Waals surface area contributed by atoms with E-state index in [0.717, 1.165) is 25.4 Å². The molecule has 3 nitrogen and oxygen atoms in total. The van der Waals surface area contributed by atoms with Gasteiger partial charge in [0, 0.05) is 0 Å². The fourth-order valence-corrected chi connectivity index (χ4v) is 3.80. The van der Waals surface area contributed by atoms with Crippen LogP contribution in [0.25, 0.3) is 10.9 Å². The molecule has 0 atom stereocenters. The van der Waals surface area contributed by atoms with E-state index in [0.29, 0.717) is 5.75 Å². The van der Waals surface area contributed by atoms with E-state index in [-0.39, 0.29) is 0 Å². The molecule has 6 heteroatoms. The standard InChI is InChI=1S/C10H7Br2NO.O.Sb/c1-5-7(11)6-3-2-4-13-9(6)10(14)8(5)12;;/h2-4,14H,1H3;;/q;;+1/p-1. The fraction of sp³-hybridized carbons (Fsp3) is 0.100. The first kappa shape index (κ1) is 12.5. The molecule has 0 radical (unpaired) electrons. The van der Waals surface area contributed by atoms with Crippen molar-refractivity contribution in [1.82, 2.24) is 4.98 Å². The number of hydrogen-bond acceptors (Lipinski definition) is 3. The fourth-order valence-electron chi connectivity index (χ4n) is 1.46. The molecule has 0 bridgehead atoms. The Bertz CT molecular complexity index is 574. The third kappa shape index (κ3) is 2.05. The Balaban J connectivity index is 2.91. The number of rotatable bonds is 2. The molecule has 0 saturated heterocycles. The summed E-state index contributed by atoms with van der Waals surface area (Å²) in [5.41, 5.74) is 1.73. The molecule has 0 saturated carbocycles. The maximum atomic E-state index is 10.8. The number of halogens is 2. The summed E-state index contributed by atoms with van der Waals surface area (Å²) in [5, 5.41) is 0.961. The summed E-state index contributed by atoms with van der Waals surface area (Å²) in [6.07, 6.45) is 1.69. The molecule has 0 spiro atoms. The summed E-state index contributed by atoms with van der Waals surface area (Å²) < 4.78 is 17.8. The van der Waals surface area contributed by atoms with Crippen LogP contribution in [0.3, 0.4) is 0 Å². The Hall–Kier alpha value is 0.00818. The third-order valence-electron chi connectivity index (χ3n) is 2.25. The molecular formula is C10H6Br2NO2Sb. The Morgan fingerprint density at radius 2 is 2.12 bits per heavy atom. The molecule has 0 amide bonds. The molecule has 82 valence electrons. The molecule has 0 aliphatic heterocycles. The molecule has 2 aromatic rings. The van der Waals surface area contributed by atoms with Gasteiger partial charge in [-0.3, -0.25) is 0 Å². The molecule has 1 heterocycles. The molecule has 16 heavy (non-hydrogen) atoms. The first-order valence-electron chi connectivity index (χ1n) is 4.38. The van der Waals surface area contributed by atoms with Gasteiger partial charge in [-0.05, 0) is 0 Å². The Morgan fingerprint density at radius 3 is 2.81 bits per heavy atom. The number of benzene rings is 1. The minimum atomic E-state index is -1.85. The first-order valence-corrected chi connectivity index (χ1v) is 8.05. The summed E-state index contributed by atoms with van der Waals surface area (Å²) in [7, 11) is 0. The van der Waals surface area contributed by atoms with Crippen molar-refractivity contribution in [2.75, 3.05) is 0 Å². The summed E-state index contributed by atoms with van der Waals surface area (Å²) in [6.45, 7) is 1.96. The van der Waals surface area contributed by atoms with Crippen LogP contribution in [0.15, 0.2) is 27.3 Å². The molecule has 0 unspecified atom stereocenters. The molecular weight excluding hydrogens is 448 g/mol. The van der Waals surface area contributed by atoms with Gasteiger partial charge in [-0.1, -0.05) is 0 Å². The van der Waals surface area contributed by atoms with Crippen molar-refractivity contribution in [3.05, 3.63) is 32.8 Å². The van der Waals surface area contributed by atoms with Crippen LogP contribution in [0.4, 0.5) is 0 Å². The van der Waals surface area contributed by atoms with Crippen molar-refractivity contribution >= 4 is 64.8 Å². The Kier molecular flexibility index (Phi) is 3.98. The maximum absolute atomic E-state index is 10.8. The van der Waals surface area contributed by atoms with Crippen LogP contribution in [0, 0.1) is 6.92 Å². The van der Waals surface area contributed by atoms with Gasteiger partial charge in [-0.2, -0.15) is 0 Å². The normalized spacial score (nSPS) is 10.4. The van der Waals surface area contributed by atoms with Gasteiger partial charge in [-0.15, -0.1) is 0 Å². The Morgan fingerprint density at radius 1 is 1.38 bits per heavy atom. The predicted octanol–water partition coefficient (Wildman–Crippen LogP) is 3.41. The van der Waals surface area contributed by atoms with Crippen LogP contribution in [-0.2, 0) is 3.02 Å². The monoisotopic (exact) mass is 451 g/mol. The van der Waals surface area contributed by atoms with Gasteiger partial charge in [0.05, 0.1) is 0 Å².